The second kappa shape index (κ2) is 5.92. The molecular formula is C16H20N2O2. The number of benzene rings is 1. The molecule has 0 saturated carbocycles. The first-order valence-electron chi connectivity index (χ1n) is 6.60. The fourth-order valence-electron chi connectivity index (χ4n) is 2.28. The van der Waals surface area contributed by atoms with E-state index in [1.807, 2.05) is 13.8 Å². The molecule has 3 N–H and O–H groups in total. The Kier molecular flexibility index (Phi) is 4.25. The normalized spacial score (nSPS) is 10.6. The summed E-state index contributed by atoms with van der Waals surface area (Å²) in [5.74, 6) is 0.147. The van der Waals surface area contributed by atoms with Gasteiger partial charge < -0.3 is 15.5 Å². The third-order valence-corrected chi connectivity index (χ3v) is 3.29. The lowest BCUT2D eigenvalue weighted by Gasteiger charge is -2.14. The van der Waals surface area contributed by atoms with Gasteiger partial charge in [-0.3, -0.25) is 4.98 Å². The van der Waals surface area contributed by atoms with Gasteiger partial charge in [-0.1, -0.05) is 6.07 Å². The van der Waals surface area contributed by atoms with Crippen LogP contribution < -0.4 is 5.32 Å². The Morgan fingerprint density at radius 3 is 2.35 bits per heavy atom. The average molecular weight is 272 g/mol. The first-order valence-corrected chi connectivity index (χ1v) is 6.60. The number of rotatable bonds is 4. The van der Waals surface area contributed by atoms with Crippen molar-refractivity contribution in [3.8, 4) is 5.75 Å². The summed E-state index contributed by atoms with van der Waals surface area (Å²) in [6, 6.07) is 6.21. The van der Waals surface area contributed by atoms with Crippen LogP contribution in [0.3, 0.4) is 0 Å². The van der Waals surface area contributed by atoms with Gasteiger partial charge in [0, 0.05) is 29.6 Å². The largest absolute Gasteiger partial charge is 0.506 e. The zero-order chi connectivity index (χ0) is 14.7. The van der Waals surface area contributed by atoms with Crippen LogP contribution in [-0.4, -0.2) is 15.2 Å². The average Bonchev–Trinajstić information content (AvgIpc) is 2.39. The molecule has 2 aromatic rings. The number of hydrogen-bond acceptors (Lipinski definition) is 4. The molecule has 0 unspecified atom stereocenters. The molecule has 1 aromatic carbocycles. The minimum Gasteiger partial charge on any atom is -0.506 e. The van der Waals surface area contributed by atoms with E-state index >= 15 is 0 Å². The molecule has 0 radical (unpaired) electrons. The molecule has 0 bridgehead atoms. The van der Waals surface area contributed by atoms with Crippen LogP contribution in [-0.2, 0) is 13.2 Å². The van der Waals surface area contributed by atoms with Gasteiger partial charge in [0.25, 0.3) is 0 Å². The summed E-state index contributed by atoms with van der Waals surface area (Å²) in [7, 11) is 0. The molecule has 0 aliphatic rings. The molecule has 2 rings (SSSR count). The second-order valence-corrected chi connectivity index (χ2v) is 5.08. The number of anilines is 1. The van der Waals surface area contributed by atoms with E-state index in [1.54, 1.807) is 13.1 Å². The monoisotopic (exact) mass is 272 g/mol. The molecule has 0 aliphatic carbocycles. The van der Waals surface area contributed by atoms with Crippen molar-refractivity contribution in [2.75, 3.05) is 5.32 Å². The summed E-state index contributed by atoms with van der Waals surface area (Å²) in [5.41, 5.74) is 5.28. The Hall–Kier alpha value is -2.07. The number of nitrogens with one attached hydrogen (secondary N) is 1. The fourth-order valence-corrected chi connectivity index (χ4v) is 2.28. The summed E-state index contributed by atoms with van der Waals surface area (Å²) in [4.78, 5) is 4.06. The van der Waals surface area contributed by atoms with Gasteiger partial charge in [-0.25, -0.2) is 0 Å². The van der Waals surface area contributed by atoms with Crippen molar-refractivity contribution in [2.24, 2.45) is 0 Å². The molecule has 1 heterocycles. The molecule has 20 heavy (non-hydrogen) atoms. The van der Waals surface area contributed by atoms with Gasteiger partial charge in [-0.2, -0.15) is 0 Å². The van der Waals surface area contributed by atoms with Gasteiger partial charge in [0.05, 0.1) is 12.3 Å². The maximum Gasteiger partial charge on any atom is 0.142 e. The van der Waals surface area contributed by atoms with Crippen LogP contribution in [0.2, 0.25) is 0 Å². The van der Waals surface area contributed by atoms with Crippen LogP contribution >= 0.6 is 0 Å². The predicted octanol–water partition coefficient (Wildman–Crippen LogP) is 2.82. The van der Waals surface area contributed by atoms with Crippen molar-refractivity contribution in [1.82, 2.24) is 4.98 Å². The molecule has 4 nitrogen and oxygen atoms in total. The van der Waals surface area contributed by atoms with Crippen molar-refractivity contribution in [1.29, 1.82) is 0 Å². The number of aromatic nitrogens is 1. The van der Waals surface area contributed by atoms with E-state index in [0.29, 0.717) is 23.4 Å². The topological polar surface area (TPSA) is 65.4 Å². The zero-order valence-corrected chi connectivity index (χ0v) is 12.1. The highest BCUT2D eigenvalue weighted by atomic mass is 16.3. The van der Waals surface area contributed by atoms with E-state index in [9.17, 15) is 10.2 Å². The summed E-state index contributed by atoms with van der Waals surface area (Å²) in [6.45, 7) is 6.16. The number of aliphatic hydroxyl groups excluding tert-OH is 1. The van der Waals surface area contributed by atoms with E-state index in [-0.39, 0.29) is 12.4 Å². The molecule has 0 spiro atoms. The van der Waals surface area contributed by atoms with E-state index in [1.165, 1.54) is 11.1 Å². The summed E-state index contributed by atoms with van der Waals surface area (Å²) in [6.07, 6.45) is 1.60. The lowest BCUT2D eigenvalue weighted by molar-refractivity contribution is 0.279. The van der Waals surface area contributed by atoms with Crippen LogP contribution in [0.4, 0.5) is 5.69 Å². The predicted molar refractivity (Wildman–Crippen MR) is 79.8 cm³/mol. The Morgan fingerprint density at radius 2 is 1.75 bits per heavy atom. The highest BCUT2D eigenvalue weighted by Crippen LogP contribution is 2.25. The van der Waals surface area contributed by atoms with Crippen molar-refractivity contribution >= 4 is 5.69 Å². The molecule has 0 aliphatic heterocycles. The zero-order valence-electron chi connectivity index (χ0n) is 12.1. The van der Waals surface area contributed by atoms with Crippen molar-refractivity contribution in [3.63, 3.8) is 0 Å². The molecule has 0 amide bonds. The van der Waals surface area contributed by atoms with Gasteiger partial charge in [0.2, 0.25) is 0 Å². The van der Waals surface area contributed by atoms with Gasteiger partial charge in [-0.15, -0.1) is 0 Å². The Morgan fingerprint density at radius 1 is 1.10 bits per heavy atom. The highest BCUT2D eigenvalue weighted by molar-refractivity contribution is 5.50. The second-order valence-electron chi connectivity index (χ2n) is 5.08. The van der Waals surface area contributed by atoms with E-state index in [2.05, 4.69) is 28.5 Å². The highest BCUT2D eigenvalue weighted by Gasteiger charge is 2.11. The first-order chi connectivity index (χ1) is 9.51. The third kappa shape index (κ3) is 3.08. The molecular weight excluding hydrogens is 252 g/mol. The van der Waals surface area contributed by atoms with Crippen molar-refractivity contribution in [2.45, 2.75) is 33.9 Å². The first kappa shape index (κ1) is 14.3. The summed E-state index contributed by atoms with van der Waals surface area (Å²) >= 11 is 0. The minimum absolute atomic E-state index is 0.134. The van der Waals surface area contributed by atoms with Crippen molar-refractivity contribution in [3.05, 3.63) is 52.3 Å². The standard InChI is InChI=1S/C16H20N2O2/c1-10-4-11(2)6-14(5-10)18-8-15-13(9-19)7-17-12(3)16(15)20/h4-7,18-20H,8-9H2,1-3H3. The molecule has 0 saturated heterocycles. The Balaban J connectivity index is 2.24. The number of nitrogens with zero attached hydrogens (tertiary/aromatic N) is 1. The maximum absolute atomic E-state index is 10.1. The van der Waals surface area contributed by atoms with Crippen LogP contribution in [0.15, 0.2) is 24.4 Å². The van der Waals surface area contributed by atoms with Crippen LogP contribution in [0, 0.1) is 20.8 Å². The number of aliphatic hydroxyl groups is 1. The maximum atomic E-state index is 10.1. The van der Waals surface area contributed by atoms with Gasteiger partial charge in [0.1, 0.15) is 5.75 Å². The van der Waals surface area contributed by atoms with Gasteiger partial charge in [-0.05, 0) is 44.0 Å². The van der Waals surface area contributed by atoms with Gasteiger partial charge in [0.15, 0.2) is 0 Å². The molecule has 0 atom stereocenters. The Bertz CT molecular complexity index is 604. The quantitative estimate of drug-likeness (QED) is 0.800. The fraction of sp³-hybridized carbons (Fsp3) is 0.312. The van der Waals surface area contributed by atoms with E-state index < -0.39 is 0 Å². The van der Waals surface area contributed by atoms with Crippen molar-refractivity contribution < 1.29 is 10.2 Å². The van der Waals surface area contributed by atoms with E-state index in [4.69, 9.17) is 0 Å². The molecule has 1 aromatic heterocycles. The molecule has 106 valence electrons. The third-order valence-electron chi connectivity index (χ3n) is 3.29. The lowest BCUT2D eigenvalue weighted by atomic mass is 10.1. The van der Waals surface area contributed by atoms with Crippen LogP contribution in [0.25, 0.3) is 0 Å². The minimum atomic E-state index is -0.134. The number of aromatic hydroxyl groups is 1. The molecule has 0 fully saturated rings. The smallest absolute Gasteiger partial charge is 0.142 e. The van der Waals surface area contributed by atoms with Crippen LogP contribution in [0.5, 0.6) is 5.75 Å². The Labute approximate surface area is 119 Å². The van der Waals surface area contributed by atoms with Crippen LogP contribution in [0.1, 0.15) is 27.9 Å². The summed E-state index contributed by atoms with van der Waals surface area (Å²) in [5, 5.41) is 22.7. The molecule has 4 heteroatoms. The summed E-state index contributed by atoms with van der Waals surface area (Å²) < 4.78 is 0. The van der Waals surface area contributed by atoms with E-state index in [0.717, 1.165) is 5.69 Å². The number of aryl methyl sites for hydroxylation is 3. The number of pyridine rings is 1. The van der Waals surface area contributed by atoms with Gasteiger partial charge >= 0.3 is 0 Å². The SMILES string of the molecule is Cc1cc(C)cc(NCc2c(CO)cnc(C)c2O)c1. The lowest BCUT2D eigenvalue weighted by Crippen LogP contribution is -2.06. The number of hydrogen-bond donors (Lipinski definition) is 3.